The molecule has 6 nitrogen and oxygen atoms in total. The van der Waals surface area contributed by atoms with Crippen LogP contribution in [0.25, 0.3) is 11.4 Å². The Labute approximate surface area is 147 Å². The third-order valence-corrected chi connectivity index (χ3v) is 4.47. The zero-order chi connectivity index (χ0) is 17.8. The van der Waals surface area contributed by atoms with Crippen LogP contribution >= 0.6 is 11.8 Å². The molecule has 128 valence electrons. The van der Waals surface area contributed by atoms with E-state index in [0.29, 0.717) is 16.7 Å². The molecule has 8 heteroatoms. The van der Waals surface area contributed by atoms with Crippen LogP contribution in [0.5, 0.6) is 5.75 Å². The monoisotopic (exact) mass is 358 g/mol. The SMILES string of the molecule is Cn1c(SCC(=O)Nc2ccccc2O)nnc1-c1ccc(F)cc1. The number of hydrogen-bond acceptors (Lipinski definition) is 5. The third-order valence-electron chi connectivity index (χ3n) is 3.45. The van der Waals surface area contributed by atoms with Crippen LogP contribution in [0.2, 0.25) is 0 Å². The number of thioether (sulfide) groups is 1. The molecule has 25 heavy (non-hydrogen) atoms. The van der Waals surface area contributed by atoms with Gasteiger partial charge in [-0.15, -0.1) is 10.2 Å². The molecule has 2 aromatic carbocycles. The first-order valence-corrected chi connectivity index (χ1v) is 8.39. The van der Waals surface area contributed by atoms with E-state index < -0.39 is 0 Å². The van der Waals surface area contributed by atoms with Crippen LogP contribution in [0.15, 0.2) is 53.7 Å². The van der Waals surface area contributed by atoms with Gasteiger partial charge < -0.3 is 15.0 Å². The van der Waals surface area contributed by atoms with Crippen molar-refractivity contribution >= 4 is 23.4 Å². The van der Waals surface area contributed by atoms with Gasteiger partial charge in [0.05, 0.1) is 11.4 Å². The van der Waals surface area contributed by atoms with Crippen molar-refractivity contribution in [2.45, 2.75) is 5.16 Å². The Bertz CT molecular complexity index is 896. The van der Waals surface area contributed by atoms with E-state index in [0.717, 1.165) is 5.56 Å². The molecule has 3 rings (SSSR count). The number of phenolic OH excluding ortho intramolecular Hbond substituents is 1. The minimum absolute atomic E-state index is 0.0121. The smallest absolute Gasteiger partial charge is 0.234 e. The van der Waals surface area contributed by atoms with Crippen molar-refractivity contribution in [1.29, 1.82) is 0 Å². The molecule has 0 unspecified atom stereocenters. The number of aromatic hydroxyl groups is 1. The first-order chi connectivity index (χ1) is 12.0. The number of carbonyl (C=O) groups is 1. The van der Waals surface area contributed by atoms with Gasteiger partial charge in [-0.2, -0.15) is 0 Å². The maximum atomic E-state index is 13.0. The molecule has 0 saturated heterocycles. The van der Waals surface area contributed by atoms with Crippen molar-refractivity contribution in [3.05, 3.63) is 54.3 Å². The highest BCUT2D eigenvalue weighted by Gasteiger charge is 2.13. The second-order valence-electron chi connectivity index (χ2n) is 5.23. The van der Waals surface area contributed by atoms with Crippen LogP contribution < -0.4 is 5.32 Å². The van der Waals surface area contributed by atoms with Crippen LogP contribution in [-0.2, 0) is 11.8 Å². The van der Waals surface area contributed by atoms with Gasteiger partial charge in [-0.25, -0.2) is 4.39 Å². The summed E-state index contributed by atoms with van der Waals surface area (Å²) in [6.07, 6.45) is 0. The molecule has 3 aromatic rings. The second kappa shape index (κ2) is 7.35. The number of phenols is 1. The molecule has 0 bridgehead atoms. The highest BCUT2D eigenvalue weighted by Crippen LogP contribution is 2.24. The molecule has 1 amide bonds. The van der Waals surface area contributed by atoms with Crippen molar-refractivity contribution in [2.75, 3.05) is 11.1 Å². The fourth-order valence-electron chi connectivity index (χ4n) is 2.19. The number of carbonyl (C=O) groups excluding carboxylic acids is 1. The lowest BCUT2D eigenvalue weighted by Gasteiger charge is -2.07. The van der Waals surface area contributed by atoms with E-state index in [-0.39, 0.29) is 23.2 Å². The number of halogens is 1. The number of nitrogens with zero attached hydrogens (tertiary/aromatic N) is 3. The summed E-state index contributed by atoms with van der Waals surface area (Å²) < 4.78 is 14.8. The van der Waals surface area contributed by atoms with Gasteiger partial charge >= 0.3 is 0 Å². The first-order valence-electron chi connectivity index (χ1n) is 7.40. The molecular formula is C17H15FN4O2S. The number of benzene rings is 2. The maximum absolute atomic E-state index is 13.0. The van der Waals surface area contributed by atoms with Crippen LogP contribution in [0.3, 0.4) is 0 Å². The zero-order valence-electron chi connectivity index (χ0n) is 13.3. The summed E-state index contributed by atoms with van der Waals surface area (Å²) in [5.74, 6) is 0.130. The van der Waals surface area contributed by atoms with Crippen LogP contribution in [0.1, 0.15) is 0 Å². The van der Waals surface area contributed by atoms with Gasteiger partial charge in [0.1, 0.15) is 11.6 Å². The van der Waals surface area contributed by atoms with E-state index in [1.807, 2.05) is 0 Å². The third kappa shape index (κ3) is 3.97. The van der Waals surface area contributed by atoms with Crippen LogP contribution in [0, 0.1) is 5.82 Å². The Kier molecular flexibility index (Phi) is 4.99. The molecule has 0 spiro atoms. The number of rotatable bonds is 5. The van der Waals surface area contributed by atoms with E-state index in [9.17, 15) is 14.3 Å². The van der Waals surface area contributed by atoms with Gasteiger partial charge in [0.2, 0.25) is 5.91 Å². The quantitative estimate of drug-likeness (QED) is 0.541. The van der Waals surface area contributed by atoms with Gasteiger partial charge in [-0.05, 0) is 36.4 Å². The van der Waals surface area contributed by atoms with Gasteiger partial charge in [0, 0.05) is 12.6 Å². The number of anilines is 1. The average Bonchev–Trinajstić information content (AvgIpc) is 2.97. The van der Waals surface area contributed by atoms with Gasteiger partial charge in [-0.1, -0.05) is 23.9 Å². The number of amides is 1. The van der Waals surface area contributed by atoms with E-state index >= 15 is 0 Å². The number of para-hydroxylation sites is 2. The predicted octanol–water partition coefficient (Wildman–Crippen LogP) is 3.06. The summed E-state index contributed by atoms with van der Waals surface area (Å²) >= 11 is 1.22. The normalized spacial score (nSPS) is 10.6. The molecule has 1 heterocycles. The van der Waals surface area contributed by atoms with Gasteiger partial charge in [-0.3, -0.25) is 4.79 Å². The fourth-order valence-corrected chi connectivity index (χ4v) is 2.90. The largest absolute Gasteiger partial charge is 0.506 e. The summed E-state index contributed by atoms with van der Waals surface area (Å²) in [6.45, 7) is 0. The molecule has 0 radical (unpaired) electrons. The molecule has 0 aliphatic carbocycles. The van der Waals surface area contributed by atoms with Crippen molar-refractivity contribution in [3.8, 4) is 17.1 Å². The predicted molar refractivity (Wildman–Crippen MR) is 93.9 cm³/mol. The summed E-state index contributed by atoms with van der Waals surface area (Å²) in [5, 5.41) is 21.0. The van der Waals surface area contributed by atoms with Crippen molar-refractivity contribution in [3.63, 3.8) is 0 Å². The highest BCUT2D eigenvalue weighted by atomic mass is 32.2. The summed E-state index contributed by atoms with van der Waals surface area (Å²) in [5.41, 5.74) is 1.10. The molecule has 0 aliphatic heterocycles. The summed E-state index contributed by atoms with van der Waals surface area (Å²) in [4.78, 5) is 12.0. The Morgan fingerprint density at radius 2 is 1.92 bits per heavy atom. The first kappa shape index (κ1) is 17.0. The van der Waals surface area contributed by atoms with E-state index in [1.54, 1.807) is 41.9 Å². The Hall–Kier alpha value is -2.87. The number of nitrogens with one attached hydrogen (secondary N) is 1. The molecule has 0 aliphatic rings. The minimum Gasteiger partial charge on any atom is -0.506 e. The fraction of sp³-hybridized carbons (Fsp3) is 0.118. The van der Waals surface area contributed by atoms with Crippen LogP contribution in [-0.4, -0.2) is 31.5 Å². The van der Waals surface area contributed by atoms with Crippen molar-refractivity contribution in [1.82, 2.24) is 14.8 Å². The molecule has 0 saturated carbocycles. The number of aromatic nitrogens is 3. The summed E-state index contributed by atoms with van der Waals surface area (Å²) in [6, 6.07) is 12.5. The lowest BCUT2D eigenvalue weighted by Crippen LogP contribution is -2.14. The van der Waals surface area contributed by atoms with Gasteiger partial charge in [0.15, 0.2) is 11.0 Å². The lowest BCUT2D eigenvalue weighted by molar-refractivity contribution is -0.113. The summed E-state index contributed by atoms with van der Waals surface area (Å²) in [7, 11) is 1.78. The molecular weight excluding hydrogens is 343 g/mol. The Balaban J connectivity index is 1.65. The standard InChI is InChI=1S/C17H15FN4O2S/c1-22-16(11-6-8-12(18)9-7-11)20-21-17(22)25-10-15(24)19-13-4-2-3-5-14(13)23/h2-9,23H,10H2,1H3,(H,19,24). The van der Waals surface area contributed by atoms with E-state index in [1.165, 1.54) is 30.0 Å². The topological polar surface area (TPSA) is 80.0 Å². The highest BCUT2D eigenvalue weighted by molar-refractivity contribution is 7.99. The Morgan fingerprint density at radius 1 is 1.20 bits per heavy atom. The second-order valence-corrected chi connectivity index (χ2v) is 6.17. The molecule has 2 N–H and O–H groups in total. The van der Waals surface area contributed by atoms with E-state index in [4.69, 9.17) is 0 Å². The lowest BCUT2D eigenvalue weighted by atomic mass is 10.2. The van der Waals surface area contributed by atoms with Gasteiger partial charge in [0.25, 0.3) is 0 Å². The number of hydrogen-bond donors (Lipinski definition) is 2. The van der Waals surface area contributed by atoms with Crippen molar-refractivity contribution in [2.24, 2.45) is 7.05 Å². The Morgan fingerprint density at radius 3 is 2.64 bits per heavy atom. The maximum Gasteiger partial charge on any atom is 0.234 e. The minimum atomic E-state index is -0.318. The van der Waals surface area contributed by atoms with Crippen LogP contribution in [0.4, 0.5) is 10.1 Å². The average molecular weight is 358 g/mol. The molecule has 0 atom stereocenters. The molecule has 0 fully saturated rings. The van der Waals surface area contributed by atoms with Crippen molar-refractivity contribution < 1.29 is 14.3 Å². The molecule has 1 aromatic heterocycles. The zero-order valence-corrected chi connectivity index (χ0v) is 14.1. The van der Waals surface area contributed by atoms with E-state index in [2.05, 4.69) is 15.5 Å².